The number of fused-ring (bicyclic) bond motifs is 1. The van der Waals surface area contributed by atoms with Gasteiger partial charge in [0.2, 0.25) is 0 Å². The van der Waals surface area contributed by atoms with E-state index in [2.05, 4.69) is 23.0 Å². The zero-order valence-electron chi connectivity index (χ0n) is 7.70. The summed E-state index contributed by atoms with van der Waals surface area (Å²) in [5, 5.41) is 1.19. The lowest BCUT2D eigenvalue weighted by molar-refractivity contribution is 0.892. The number of rotatable bonds is 2. The maximum atomic E-state index is 4.36. The summed E-state index contributed by atoms with van der Waals surface area (Å²) in [5.41, 5.74) is 2.20. The average molecular weight is 172 g/mol. The van der Waals surface area contributed by atoms with Gasteiger partial charge in [-0.3, -0.25) is 9.97 Å². The molecule has 2 aromatic rings. The maximum absolute atomic E-state index is 4.36. The van der Waals surface area contributed by atoms with Gasteiger partial charge in [0.15, 0.2) is 0 Å². The van der Waals surface area contributed by atoms with Crippen molar-refractivity contribution < 1.29 is 0 Å². The molecule has 0 fully saturated rings. The molecule has 0 amide bonds. The summed E-state index contributed by atoms with van der Waals surface area (Å²) in [7, 11) is 0. The van der Waals surface area contributed by atoms with E-state index in [0.29, 0.717) is 0 Å². The first kappa shape index (κ1) is 8.17. The molecule has 2 nitrogen and oxygen atoms in total. The highest BCUT2D eigenvalue weighted by Crippen LogP contribution is 2.14. The molecule has 0 saturated heterocycles. The summed E-state index contributed by atoms with van der Waals surface area (Å²) in [6, 6.07) is 6.00. The van der Waals surface area contributed by atoms with E-state index in [-0.39, 0.29) is 0 Å². The van der Waals surface area contributed by atoms with Crippen LogP contribution in [-0.4, -0.2) is 9.97 Å². The summed E-state index contributed by atoms with van der Waals surface area (Å²) in [4.78, 5) is 8.64. The van der Waals surface area contributed by atoms with Gasteiger partial charge in [-0.2, -0.15) is 0 Å². The van der Waals surface area contributed by atoms with Gasteiger partial charge in [-0.1, -0.05) is 13.3 Å². The zero-order chi connectivity index (χ0) is 9.10. The van der Waals surface area contributed by atoms with Gasteiger partial charge in [-0.15, -0.1) is 0 Å². The van der Waals surface area contributed by atoms with Crippen molar-refractivity contribution in [3.8, 4) is 0 Å². The van der Waals surface area contributed by atoms with Crippen LogP contribution in [0.15, 0.2) is 30.6 Å². The Balaban J connectivity index is 2.61. The Kier molecular flexibility index (Phi) is 2.21. The monoisotopic (exact) mass is 172 g/mol. The first-order valence-electron chi connectivity index (χ1n) is 4.60. The van der Waals surface area contributed by atoms with Gasteiger partial charge in [0.25, 0.3) is 0 Å². The molecule has 0 spiro atoms. The zero-order valence-corrected chi connectivity index (χ0v) is 7.70. The molecular formula is C11H12N2. The van der Waals surface area contributed by atoms with Gasteiger partial charge in [0.1, 0.15) is 0 Å². The molecule has 0 N–H and O–H groups in total. The molecule has 2 rings (SSSR count). The van der Waals surface area contributed by atoms with Gasteiger partial charge in [0, 0.05) is 23.5 Å². The number of hydrogen-bond donors (Lipinski definition) is 0. The molecule has 0 aliphatic carbocycles. The van der Waals surface area contributed by atoms with E-state index in [0.717, 1.165) is 24.1 Å². The van der Waals surface area contributed by atoms with Crippen molar-refractivity contribution in [2.45, 2.75) is 19.8 Å². The summed E-state index contributed by atoms with van der Waals surface area (Å²) in [5.74, 6) is 0. The van der Waals surface area contributed by atoms with Crippen molar-refractivity contribution >= 4 is 10.9 Å². The van der Waals surface area contributed by atoms with Crippen molar-refractivity contribution in [3.05, 3.63) is 36.3 Å². The van der Waals surface area contributed by atoms with Crippen LogP contribution < -0.4 is 0 Å². The third-order valence-electron chi connectivity index (χ3n) is 2.10. The number of pyridine rings is 2. The molecule has 0 aromatic carbocycles. The Labute approximate surface area is 77.6 Å². The fraction of sp³-hybridized carbons (Fsp3) is 0.273. The molecule has 2 aromatic heterocycles. The van der Waals surface area contributed by atoms with Crippen LogP contribution in [0.4, 0.5) is 0 Å². The predicted molar refractivity (Wildman–Crippen MR) is 53.5 cm³/mol. The van der Waals surface area contributed by atoms with E-state index in [9.17, 15) is 0 Å². The topological polar surface area (TPSA) is 25.8 Å². The standard InChI is InChI=1S/C11H12N2/c1-2-4-10-9-5-3-7-12-11(9)6-8-13-10/h3,5-8H,2,4H2,1H3. The van der Waals surface area contributed by atoms with Crippen molar-refractivity contribution in [2.75, 3.05) is 0 Å². The van der Waals surface area contributed by atoms with Crippen molar-refractivity contribution in [1.29, 1.82) is 0 Å². The Morgan fingerprint density at radius 1 is 1.15 bits per heavy atom. The second kappa shape index (κ2) is 3.52. The third-order valence-corrected chi connectivity index (χ3v) is 2.10. The van der Waals surface area contributed by atoms with Crippen LogP contribution in [0.5, 0.6) is 0 Å². The Morgan fingerprint density at radius 2 is 2.08 bits per heavy atom. The highest BCUT2D eigenvalue weighted by molar-refractivity contribution is 5.80. The van der Waals surface area contributed by atoms with Gasteiger partial charge >= 0.3 is 0 Å². The molecule has 13 heavy (non-hydrogen) atoms. The number of hydrogen-bond acceptors (Lipinski definition) is 2. The molecule has 0 saturated carbocycles. The normalized spacial score (nSPS) is 10.5. The average Bonchev–Trinajstić information content (AvgIpc) is 2.19. The number of aromatic nitrogens is 2. The van der Waals surface area contributed by atoms with Gasteiger partial charge in [-0.05, 0) is 24.6 Å². The Bertz CT molecular complexity index is 404. The summed E-state index contributed by atoms with van der Waals surface area (Å²) in [6.07, 6.45) is 5.81. The van der Waals surface area contributed by atoms with Crippen molar-refractivity contribution in [2.24, 2.45) is 0 Å². The quantitative estimate of drug-likeness (QED) is 0.695. The first-order chi connectivity index (χ1) is 6.42. The number of nitrogens with zero attached hydrogens (tertiary/aromatic N) is 2. The highest BCUT2D eigenvalue weighted by Gasteiger charge is 2.00. The van der Waals surface area contributed by atoms with E-state index in [4.69, 9.17) is 0 Å². The fourth-order valence-electron chi connectivity index (χ4n) is 1.50. The molecular weight excluding hydrogens is 160 g/mol. The fourth-order valence-corrected chi connectivity index (χ4v) is 1.50. The van der Waals surface area contributed by atoms with Crippen LogP contribution in [0.2, 0.25) is 0 Å². The first-order valence-corrected chi connectivity index (χ1v) is 4.60. The van der Waals surface area contributed by atoms with E-state index < -0.39 is 0 Å². The van der Waals surface area contributed by atoms with Gasteiger partial charge < -0.3 is 0 Å². The minimum absolute atomic E-state index is 1.03. The van der Waals surface area contributed by atoms with E-state index in [1.807, 2.05) is 24.5 Å². The molecule has 0 atom stereocenters. The van der Waals surface area contributed by atoms with Crippen LogP contribution in [0.1, 0.15) is 19.0 Å². The molecule has 2 heterocycles. The van der Waals surface area contributed by atoms with E-state index >= 15 is 0 Å². The lowest BCUT2D eigenvalue weighted by Crippen LogP contribution is -1.91. The smallest absolute Gasteiger partial charge is 0.0735 e. The predicted octanol–water partition coefficient (Wildman–Crippen LogP) is 2.58. The SMILES string of the molecule is CCCc1nccc2ncccc12. The van der Waals surface area contributed by atoms with Crippen LogP contribution in [-0.2, 0) is 6.42 Å². The lowest BCUT2D eigenvalue weighted by atomic mass is 10.1. The second-order valence-corrected chi connectivity index (χ2v) is 3.08. The van der Waals surface area contributed by atoms with Crippen LogP contribution in [0.3, 0.4) is 0 Å². The van der Waals surface area contributed by atoms with Crippen molar-refractivity contribution in [3.63, 3.8) is 0 Å². The van der Waals surface area contributed by atoms with Gasteiger partial charge in [-0.25, -0.2) is 0 Å². The minimum Gasteiger partial charge on any atom is -0.261 e. The van der Waals surface area contributed by atoms with Crippen molar-refractivity contribution in [1.82, 2.24) is 9.97 Å². The van der Waals surface area contributed by atoms with Gasteiger partial charge in [0.05, 0.1) is 5.52 Å². The second-order valence-electron chi connectivity index (χ2n) is 3.08. The van der Waals surface area contributed by atoms with Crippen LogP contribution in [0, 0.1) is 0 Å². The number of aryl methyl sites for hydroxylation is 1. The summed E-state index contributed by atoms with van der Waals surface area (Å²) >= 11 is 0. The molecule has 0 aliphatic rings. The molecule has 66 valence electrons. The minimum atomic E-state index is 1.03. The van der Waals surface area contributed by atoms with Crippen LogP contribution in [0.25, 0.3) is 10.9 Å². The van der Waals surface area contributed by atoms with Crippen LogP contribution >= 0.6 is 0 Å². The third kappa shape index (κ3) is 1.52. The maximum Gasteiger partial charge on any atom is 0.0735 e. The molecule has 0 aliphatic heterocycles. The Morgan fingerprint density at radius 3 is 2.92 bits per heavy atom. The summed E-state index contributed by atoms with van der Waals surface area (Å²) < 4.78 is 0. The molecule has 0 bridgehead atoms. The summed E-state index contributed by atoms with van der Waals surface area (Å²) in [6.45, 7) is 2.16. The van der Waals surface area contributed by atoms with E-state index in [1.165, 1.54) is 5.39 Å². The Hall–Kier alpha value is -1.44. The molecule has 2 heteroatoms. The largest absolute Gasteiger partial charge is 0.261 e. The molecule has 0 unspecified atom stereocenters. The van der Waals surface area contributed by atoms with E-state index in [1.54, 1.807) is 0 Å². The lowest BCUT2D eigenvalue weighted by Gasteiger charge is -2.01. The highest BCUT2D eigenvalue weighted by atomic mass is 14.7. The molecule has 0 radical (unpaired) electrons.